The lowest BCUT2D eigenvalue weighted by atomic mass is 9.96. The summed E-state index contributed by atoms with van der Waals surface area (Å²) in [7, 11) is 0. The predicted octanol–water partition coefficient (Wildman–Crippen LogP) is 3.99. The molecule has 2 rings (SSSR count). The Kier molecular flexibility index (Phi) is 4.66. The van der Waals surface area contributed by atoms with Gasteiger partial charge in [-0.05, 0) is 52.7 Å². The van der Waals surface area contributed by atoms with Gasteiger partial charge in [-0.25, -0.2) is 4.39 Å². The van der Waals surface area contributed by atoms with E-state index < -0.39 is 0 Å². The second kappa shape index (κ2) is 6.26. The molecule has 100 valence electrons. The fourth-order valence-corrected chi connectivity index (χ4v) is 2.49. The largest absolute Gasteiger partial charge is 0.306 e. The minimum atomic E-state index is -0.225. The van der Waals surface area contributed by atoms with Crippen LogP contribution in [0.15, 0.2) is 41.1 Å². The zero-order valence-electron chi connectivity index (χ0n) is 11.0. The molecule has 0 radical (unpaired) electrons. The van der Waals surface area contributed by atoms with E-state index in [1.807, 2.05) is 26.0 Å². The van der Waals surface area contributed by atoms with E-state index in [0.29, 0.717) is 10.0 Å². The van der Waals surface area contributed by atoms with Crippen molar-refractivity contribution in [1.29, 1.82) is 0 Å². The van der Waals surface area contributed by atoms with Gasteiger partial charge in [0.15, 0.2) is 0 Å². The van der Waals surface area contributed by atoms with Gasteiger partial charge in [0.25, 0.3) is 0 Å². The summed E-state index contributed by atoms with van der Waals surface area (Å²) in [5.41, 5.74) is 2.73. The fourth-order valence-electron chi connectivity index (χ4n) is 2.11. The van der Waals surface area contributed by atoms with Gasteiger partial charge < -0.3 is 5.32 Å². The molecule has 0 spiro atoms. The van der Waals surface area contributed by atoms with Gasteiger partial charge in [0, 0.05) is 18.0 Å². The van der Waals surface area contributed by atoms with E-state index in [2.05, 4.69) is 26.2 Å². The molecule has 0 amide bonds. The number of pyridine rings is 1. The molecule has 2 nitrogen and oxygen atoms in total. The molecule has 19 heavy (non-hydrogen) atoms. The summed E-state index contributed by atoms with van der Waals surface area (Å²) in [4.78, 5) is 4.15. The summed E-state index contributed by atoms with van der Waals surface area (Å²) in [6.07, 6.45) is 3.54. The number of benzene rings is 1. The van der Waals surface area contributed by atoms with Crippen molar-refractivity contribution in [1.82, 2.24) is 10.3 Å². The van der Waals surface area contributed by atoms with Gasteiger partial charge in [0.05, 0.1) is 10.5 Å². The molecule has 0 aliphatic rings. The Morgan fingerprint density at radius 2 is 2.11 bits per heavy atom. The number of nitrogens with zero attached hydrogens (tertiary/aromatic N) is 1. The maximum atomic E-state index is 14.3. The Balaban J connectivity index is 2.52. The van der Waals surface area contributed by atoms with Crippen LogP contribution in [-0.4, -0.2) is 11.5 Å². The maximum absolute atomic E-state index is 14.3. The molecule has 4 heteroatoms. The summed E-state index contributed by atoms with van der Waals surface area (Å²) in [5.74, 6) is -0.225. The Labute approximate surface area is 121 Å². The van der Waals surface area contributed by atoms with Crippen LogP contribution in [0.4, 0.5) is 4.39 Å². The first-order chi connectivity index (χ1) is 9.15. The average Bonchev–Trinajstić information content (AvgIpc) is 2.41. The summed E-state index contributed by atoms with van der Waals surface area (Å²) in [6, 6.07) is 7.11. The molecule has 0 fully saturated rings. The molecule has 0 saturated heterocycles. The van der Waals surface area contributed by atoms with Crippen LogP contribution in [0.2, 0.25) is 0 Å². The van der Waals surface area contributed by atoms with E-state index in [0.717, 1.165) is 17.7 Å². The Morgan fingerprint density at radius 3 is 2.79 bits per heavy atom. The third kappa shape index (κ3) is 3.01. The highest BCUT2D eigenvalue weighted by molar-refractivity contribution is 9.10. The van der Waals surface area contributed by atoms with Crippen molar-refractivity contribution in [2.24, 2.45) is 0 Å². The van der Waals surface area contributed by atoms with Crippen LogP contribution >= 0.6 is 15.9 Å². The Hall–Kier alpha value is -1.26. The molecule has 0 saturated carbocycles. The van der Waals surface area contributed by atoms with Crippen LogP contribution in [0.5, 0.6) is 0 Å². The van der Waals surface area contributed by atoms with Crippen LogP contribution in [0.1, 0.15) is 29.7 Å². The molecule has 1 N–H and O–H groups in total. The fraction of sp³-hybridized carbons (Fsp3) is 0.267. The first-order valence-corrected chi connectivity index (χ1v) is 7.02. The van der Waals surface area contributed by atoms with Gasteiger partial charge in [-0.3, -0.25) is 4.98 Å². The first kappa shape index (κ1) is 14.2. The third-order valence-corrected chi connectivity index (χ3v) is 3.70. The number of nitrogens with one attached hydrogen (secondary N) is 1. The molecule has 1 aromatic carbocycles. The van der Waals surface area contributed by atoms with Crippen molar-refractivity contribution in [3.8, 4) is 0 Å². The van der Waals surface area contributed by atoms with E-state index in [-0.39, 0.29) is 11.9 Å². The highest BCUT2D eigenvalue weighted by Crippen LogP contribution is 2.29. The lowest BCUT2D eigenvalue weighted by Crippen LogP contribution is -2.24. The highest BCUT2D eigenvalue weighted by atomic mass is 79.9. The highest BCUT2D eigenvalue weighted by Gasteiger charge is 2.20. The molecule has 2 aromatic rings. The van der Waals surface area contributed by atoms with Gasteiger partial charge in [0.2, 0.25) is 0 Å². The van der Waals surface area contributed by atoms with Gasteiger partial charge >= 0.3 is 0 Å². The van der Waals surface area contributed by atoms with Crippen LogP contribution < -0.4 is 5.32 Å². The summed E-state index contributed by atoms with van der Waals surface area (Å²) < 4.78 is 14.8. The zero-order valence-corrected chi connectivity index (χ0v) is 12.5. The number of hydrogen-bond donors (Lipinski definition) is 1. The predicted molar refractivity (Wildman–Crippen MR) is 78.6 cm³/mol. The van der Waals surface area contributed by atoms with E-state index >= 15 is 0 Å². The van der Waals surface area contributed by atoms with Gasteiger partial charge in [-0.15, -0.1) is 0 Å². The average molecular weight is 323 g/mol. The van der Waals surface area contributed by atoms with Crippen LogP contribution in [0.3, 0.4) is 0 Å². The lowest BCUT2D eigenvalue weighted by molar-refractivity contribution is 0.553. The van der Waals surface area contributed by atoms with Crippen molar-refractivity contribution >= 4 is 15.9 Å². The van der Waals surface area contributed by atoms with Gasteiger partial charge in [-0.2, -0.15) is 0 Å². The molecule has 1 unspecified atom stereocenters. The zero-order chi connectivity index (χ0) is 13.8. The lowest BCUT2D eigenvalue weighted by Gasteiger charge is -2.21. The summed E-state index contributed by atoms with van der Waals surface area (Å²) >= 11 is 3.24. The second-order valence-corrected chi connectivity index (χ2v) is 5.22. The Bertz CT molecular complexity index is 572. The smallest absolute Gasteiger partial charge is 0.142 e. The molecule has 1 heterocycles. The monoisotopic (exact) mass is 322 g/mol. The Morgan fingerprint density at radius 1 is 1.32 bits per heavy atom. The molecule has 0 aliphatic carbocycles. The second-order valence-electron chi connectivity index (χ2n) is 4.37. The topological polar surface area (TPSA) is 24.9 Å². The van der Waals surface area contributed by atoms with Gasteiger partial charge in [-0.1, -0.05) is 19.1 Å². The summed E-state index contributed by atoms with van der Waals surface area (Å²) in [5, 5.41) is 3.32. The number of aromatic nitrogens is 1. The standard InChI is InChI=1S/C15H16BrFN2/c1-3-19-15(12-9-18-8-7-10(12)2)11-5-4-6-13(16)14(11)17/h4-9,15,19H,3H2,1-2H3. The number of halogens is 2. The number of aryl methyl sites for hydroxylation is 1. The van der Waals surface area contributed by atoms with Crippen molar-refractivity contribution in [2.45, 2.75) is 19.9 Å². The molecular formula is C15H16BrFN2. The van der Waals surface area contributed by atoms with Crippen molar-refractivity contribution in [3.05, 3.63) is 63.6 Å². The first-order valence-electron chi connectivity index (χ1n) is 6.23. The number of hydrogen-bond acceptors (Lipinski definition) is 2. The van der Waals surface area contributed by atoms with Crippen molar-refractivity contribution in [3.63, 3.8) is 0 Å². The van der Waals surface area contributed by atoms with E-state index in [4.69, 9.17) is 0 Å². The van der Waals surface area contributed by atoms with Crippen LogP contribution in [0.25, 0.3) is 0 Å². The third-order valence-electron chi connectivity index (χ3n) is 3.09. The molecule has 1 atom stereocenters. The maximum Gasteiger partial charge on any atom is 0.142 e. The molecular weight excluding hydrogens is 307 g/mol. The molecule has 1 aromatic heterocycles. The normalized spacial score (nSPS) is 12.4. The van der Waals surface area contributed by atoms with E-state index in [1.165, 1.54) is 0 Å². The summed E-state index contributed by atoms with van der Waals surface area (Å²) in [6.45, 7) is 4.77. The van der Waals surface area contributed by atoms with Crippen LogP contribution in [-0.2, 0) is 0 Å². The molecule has 0 aliphatic heterocycles. The van der Waals surface area contributed by atoms with E-state index in [9.17, 15) is 4.39 Å². The van der Waals surface area contributed by atoms with E-state index in [1.54, 1.807) is 24.5 Å². The van der Waals surface area contributed by atoms with Crippen molar-refractivity contribution in [2.75, 3.05) is 6.54 Å². The van der Waals surface area contributed by atoms with Gasteiger partial charge in [0.1, 0.15) is 5.82 Å². The van der Waals surface area contributed by atoms with Crippen LogP contribution in [0, 0.1) is 12.7 Å². The minimum Gasteiger partial charge on any atom is -0.306 e. The molecule has 0 bridgehead atoms. The SMILES string of the molecule is CCNC(c1cnccc1C)c1cccc(Br)c1F. The quantitative estimate of drug-likeness (QED) is 0.920. The minimum absolute atomic E-state index is 0.184. The number of rotatable bonds is 4. The van der Waals surface area contributed by atoms with Crippen molar-refractivity contribution < 1.29 is 4.39 Å².